The molecule has 0 aromatic carbocycles. The minimum Gasteiger partial charge on any atom is -0.464 e. The number of ether oxygens (including phenoxy) is 2. The van der Waals surface area contributed by atoms with Crippen LogP contribution >= 0.6 is 0 Å². The second-order valence-corrected chi connectivity index (χ2v) is 8.30. The van der Waals surface area contributed by atoms with E-state index in [2.05, 4.69) is 0 Å². The maximum Gasteiger partial charge on any atom is 0.354 e. The fraction of sp³-hybridized carbons (Fsp3) is 0.682. The lowest BCUT2D eigenvalue weighted by Crippen LogP contribution is -2.47. The Morgan fingerprint density at radius 1 is 1.24 bits per heavy atom. The molecule has 0 saturated carbocycles. The number of methoxy groups -OCH3 is 1. The van der Waals surface area contributed by atoms with Gasteiger partial charge in [0, 0.05) is 37.9 Å². The number of carbonyl (C=O) groups is 3. The van der Waals surface area contributed by atoms with Crippen LogP contribution in [0.1, 0.15) is 72.1 Å². The third-order valence-corrected chi connectivity index (χ3v) is 5.73. The number of rotatable bonds is 8. The van der Waals surface area contributed by atoms with Gasteiger partial charge in [0.05, 0.1) is 19.3 Å². The highest BCUT2D eigenvalue weighted by atomic mass is 16.5. The van der Waals surface area contributed by atoms with E-state index < -0.39 is 12.0 Å². The molecule has 0 aliphatic carbocycles. The van der Waals surface area contributed by atoms with Crippen molar-refractivity contribution in [1.29, 1.82) is 0 Å². The Balaban J connectivity index is 2.37. The molecule has 0 N–H and O–H groups in total. The quantitative estimate of drug-likeness (QED) is 0.490. The maximum atomic E-state index is 13.5. The Kier molecular flexibility index (Phi) is 7.63. The van der Waals surface area contributed by atoms with E-state index in [4.69, 9.17) is 9.47 Å². The van der Waals surface area contributed by atoms with E-state index in [-0.39, 0.29) is 23.7 Å². The van der Waals surface area contributed by atoms with Gasteiger partial charge in [0.25, 0.3) is 0 Å². The van der Waals surface area contributed by atoms with Crippen molar-refractivity contribution < 1.29 is 23.9 Å². The lowest BCUT2D eigenvalue weighted by atomic mass is 9.98. The Bertz CT molecular complexity index is 775. The Labute approximate surface area is 173 Å². The molecule has 0 spiro atoms. The van der Waals surface area contributed by atoms with Gasteiger partial charge in [-0.1, -0.05) is 13.8 Å². The van der Waals surface area contributed by atoms with Crippen molar-refractivity contribution in [2.75, 3.05) is 20.3 Å². The van der Waals surface area contributed by atoms with Crippen LogP contribution in [-0.4, -0.2) is 59.5 Å². The number of esters is 1. The minimum atomic E-state index is -0.643. The van der Waals surface area contributed by atoms with Gasteiger partial charge >= 0.3 is 5.97 Å². The zero-order chi connectivity index (χ0) is 21.9. The van der Waals surface area contributed by atoms with E-state index in [0.717, 1.165) is 12.8 Å². The molecule has 1 aromatic rings. The lowest BCUT2D eigenvalue weighted by molar-refractivity contribution is -0.134. The Morgan fingerprint density at radius 2 is 1.90 bits per heavy atom. The van der Waals surface area contributed by atoms with Crippen LogP contribution in [0.25, 0.3) is 0 Å². The smallest absolute Gasteiger partial charge is 0.354 e. The SMILES string of the molecule is COC(=O)c1c(C)c(C(=O)C(C)N(CC2CCCO2)C(=O)CC(C)C)c(C)n1C. The number of hydrogen-bond donors (Lipinski definition) is 0. The predicted molar refractivity (Wildman–Crippen MR) is 110 cm³/mol. The number of Topliss-reactive ketones (excluding diaryl/α,β-unsaturated/α-hetero) is 1. The second-order valence-electron chi connectivity index (χ2n) is 8.30. The molecule has 7 nitrogen and oxygen atoms in total. The van der Waals surface area contributed by atoms with Crippen LogP contribution in [0, 0.1) is 19.8 Å². The van der Waals surface area contributed by atoms with Crippen molar-refractivity contribution in [3.05, 3.63) is 22.5 Å². The van der Waals surface area contributed by atoms with Gasteiger partial charge in [-0.3, -0.25) is 9.59 Å². The molecule has 2 atom stereocenters. The van der Waals surface area contributed by atoms with Crippen LogP contribution in [0.4, 0.5) is 0 Å². The molecule has 0 radical (unpaired) electrons. The molecular formula is C22H34N2O5. The minimum absolute atomic E-state index is 0.0371. The molecule has 2 rings (SSSR count). The summed E-state index contributed by atoms with van der Waals surface area (Å²) >= 11 is 0. The largest absolute Gasteiger partial charge is 0.464 e. The van der Waals surface area contributed by atoms with Crippen molar-refractivity contribution in [2.45, 2.75) is 66.0 Å². The van der Waals surface area contributed by atoms with E-state index >= 15 is 0 Å². The molecule has 7 heteroatoms. The summed E-state index contributed by atoms with van der Waals surface area (Å²) in [6.45, 7) is 10.4. The zero-order valence-electron chi connectivity index (χ0n) is 18.7. The Morgan fingerprint density at radius 3 is 2.41 bits per heavy atom. The van der Waals surface area contributed by atoms with Crippen LogP contribution in [0.2, 0.25) is 0 Å². The fourth-order valence-corrected chi connectivity index (χ4v) is 4.03. The summed E-state index contributed by atoms with van der Waals surface area (Å²) < 4.78 is 12.3. The van der Waals surface area contributed by atoms with Crippen molar-refractivity contribution in [3.63, 3.8) is 0 Å². The van der Waals surface area contributed by atoms with Gasteiger partial charge in [0.15, 0.2) is 5.78 Å². The summed E-state index contributed by atoms with van der Waals surface area (Å²) in [6.07, 6.45) is 2.20. The summed E-state index contributed by atoms with van der Waals surface area (Å²) in [5.41, 5.74) is 2.12. The van der Waals surface area contributed by atoms with Crippen molar-refractivity contribution in [1.82, 2.24) is 9.47 Å². The third kappa shape index (κ3) is 4.89. The monoisotopic (exact) mass is 406 g/mol. The van der Waals surface area contributed by atoms with Crippen LogP contribution in [0.5, 0.6) is 0 Å². The first-order valence-corrected chi connectivity index (χ1v) is 10.3. The molecule has 0 bridgehead atoms. The van der Waals surface area contributed by atoms with Crippen molar-refractivity contribution in [2.24, 2.45) is 13.0 Å². The molecule has 162 valence electrons. The summed E-state index contributed by atoms with van der Waals surface area (Å²) in [5, 5.41) is 0. The average molecular weight is 407 g/mol. The molecule has 2 heterocycles. The summed E-state index contributed by atoms with van der Waals surface area (Å²) in [7, 11) is 3.06. The summed E-state index contributed by atoms with van der Waals surface area (Å²) in [5.74, 6) is -0.494. The normalized spacial score (nSPS) is 17.4. The number of hydrogen-bond acceptors (Lipinski definition) is 5. The van der Waals surface area contributed by atoms with E-state index in [0.29, 0.717) is 42.1 Å². The van der Waals surface area contributed by atoms with Gasteiger partial charge in [0.1, 0.15) is 5.69 Å². The molecule has 1 aliphatic rings. The zero-order valence-corrected chi connectivity index (χ0v) is 18.7. The van der Waals surface area contributed by atoms with Gasteiger partial charge in [-0.15, -0.1) is 0 Å². The summed E-state index contributed by atoms with van der Waals surface area (Å²) in [4.78, 5) is 40.2. The van der Waals surface area contributed by atoms with Crippen LogP contribution in [-0.2, 0) is 21.3 Å². The van der Waals surface area contributed by atoms with Crippen LogP contribution in [0.3, 0.4) is 0 Å². The number of amides is 1. The first kappa shape index (κ1) is 23.1. The van der Waals surface area contributed by atoms with Gasteiger partial charge in [0.2, 0.25) is 5.91 Å². The van der Waals surface area contributed by atoms with Crippen LogP contribution < -0.4 is 0 Å². The van der Waals surface area contributed by atoms with Gasteiger partial charge < -0.3 is 18.9 Å². The standard InChI is InChI=1S/C22H34N2O5/c1-13(2)11-18(25)24(12-17-9-8-10-29-17)16(5)21(26)19-14(3)20(22(27)28-7)23(6)15(19)4/h13,16-17H,8-12H2,1-7H3. The molecule has 1 saturated heterocycles. The lowest BCUT2D eigenvalue weighted by Gasteiger charge is -2.31. The third-order valence-electron chi connectivity index (χ3n) is 5.73. The van der Waals surface area contributed by atoms with E-state index in [1.807, 2.05) is 13.8 Å². The second kappa shape index (κ2) is 9.57. The van der Waals surface area contributed by atoms with E-state index in [9.17, 15) is 14.4 Å². The van der Waals surface area contributed by atoms with Gasteiger partial charge in [-0.25, -0.2) is 4.79 Å². The predicted octanol–water partition coefficient (Wildman–Crippen LogP) is 3.05. The highest BCUT2D eigenvalue weighted by Gasteiger charge is 2.34. The van der Waals surface area contributed by atoms with Gasteiger partial charge in [-0.2, -0.15) is 0 Å². The molecule has 1 amide bonds. The molecule has 1 fully saturated rings. The first-order chi connectivity index (χ1) is 13.6. The van der Waals surface area contributed by atoms with E-state index in [1.54, 1.807) is 37.3 Å². The van der Waals surface area contributed by atoms with Crippen molar-refractivity contribution >= 4 is 17.7 Å². The van der Waals surface area contributed by atoms with Gasteiger partial charge in [-0.05, 0) is 45.1 Å². The highest BCUT2D eigenvalue weighted by Crippen LogP contribution is 2.26. The van der Waals surface area contributed by atoms with E-state index in [1.165, 1.54) is 7.11 Å². The number of ketones is 1. The number of nitrogens with zero attached hydrogens (tertiary/aromatic N) is 2. The Hall–Kier alpha value is -2.15. The molecule has 1 aromatic heterocycles. The van der Waals surface area contributed by atoms with Crippen LogP contribution in [0.15, 0.2) is 0 Å². The highest BCUT2D eigenvalue weighted by molar-refractivity contribution is 6.06. The topological polar surface area (TPSA) is 77.8 Å². The molecule has 2 unspecified atom stereocenters. The number of aromatic nitrogens is 1. The maximum absolute atomic E-state index is 13.5. The molecule has 29 heavy (non-hydrogen) atoms. The van der Waals surface area contributed by atoms with Crippen molar-refractivity contribution in [3.8, 4) is 0 Å². The average Bonchev–Trinajstić information content (AvgIpc) is 3.24. The molecular weight excluding hydrogens is 372 g/mol. The molecule has 1 aliphatic heterocycles. The number of carbonyl (C=O) groups excluding carboxylic acids is 3. The fourth-order valence-electron chi connectivity index (χ4n) is 4.03. The first-order valence-electron chi connectivity index (χ1n) is 10.3. The summed E-state index contributed by atoms with van der Waals surface area (Å²) in [6, 6.07) is -0.643.